The van der Waals surface area contributed by atoms with Gasteiger partial charge >= 0.3 is 0 Å². The van der Waals surface area contributed by atoms with E-state index in [1.807, 2.05) is 19.1 Å². The van der Waals surface area contributed by atoms with Gasteiger partial charge in [0.25, 0.3) is 0 Å². The molecule has 0 spiro atoms. The zero-order valence-electron chi connectivity index (χ0n) is 16.8. The van der Waals surface area contributed by atoms with Gasteiger partial charge in [-0.1, -0.05) is 12.5 Å². The van der Waals surface area contributed by atoms with Gasteiger partial charge in [0.15, 0.2) is 5.96 Å². The molecule has 2 N–H and O–H groups in total. The number of nitrogens with zero attached hydrogens (tertiary/aromatic N) is 3. The third-order valence-electron chi connectivity index (χ3n) is 4.78. The van der Waals surface area contributed by atoms with Gasteiger partial charge in [0.2, 0.25) is 5.88 Å². The van der Waals surface area contributed by atoms with Gasteiger partial charge in [-0.15, -0.1) is 0 Å². The minimum absolute atomic E-state index is 0.112. The molecule has 0 aromatic carbocycles. The Morgan fingerprint density at radius 3 is 2.69 bits per heavy atom. The van der Waals surface area contributed by atoms with Crippen molar-refractivity contribution in [2.24, 2.45) is 4.99 Å². The summed E-state index contributed by atoms with van der Waals surface area (Å²) in [7, 11) is 0. The van der Waals surface area contributed by atoms with Gasteiger partial charge in [0.1, 0.15) is 0 Å². The third kappa shape index (κ3) is 6.16. The van der Waals surface area contributed by atoms with Crippen LogP contribution in [0.5, 0.6) is 5.88 Å². The number of piperidine rings is 1. The van der Waals surface area contributed by atoms with E-state index in [9.17, 15) is 0 Å². The standard InChI is InChI=1S/C20H35N5O/c1-5-21-19(23-15-17-11-10-12-22-18(17)26-6-2)24-16-20(3,4)25-13-8-7-9-14-25/h10-12H,5-9,13-16H2,1-4H3,(H2,21,23,24). The van der Waals surface area contributed by atoms with Crippen LogP contribution in [-0.4, -0.2) is 54.2 Å². The van der Waals surface area contributed by atoms with Crippen LogP contribution in [0.15, 0.2) is 23.3 Å². The van der Waals surface area contributed by atoms with Gasteiger partial charge in [-0.25, -0.2) is 9.98 Å². The summed E-state index contributed by atoms with van der Waals surface area (Å²) in [5.74, 6) is 1.51. The molecule has 1 aromatic rings. The zero-order valence-corrected chi connectivity index (χ0v) is 16.8. The van der Waals surface area contributed by atoms with Gasteiger partial charge in [0, 0.05) is 30.4 Å². The summed E-state index contributed by atoms with van der Waals surface area (Å²) in [6.45, 7) is 13.9. The van der Waals surface area contributed by atoms with Gasteiger partial charge < -0.3 is 15.4 Å². The molecule has 26 heavy (non-hydrogen) atoms. The fraction of sp³-hybridized carbons (Fsp3) is 0.700. The molecule has 6 heteroatoms. The zero-order chi connectivity index (χ0) is 18.8. The molecule has 6 nitrogen and oxygen atoms in total. The number of hydrogen-bond donors (Lipinski definition) is 2. The third-order valence-corrected chi connectivity index (χ3v) is 4.78. The Balaban J connectivity index is 1.98. The van der Waals surface area contributed by atoms with Gasteiger partial charge in [0.05, 0.1) is 13.2 Å². The summed E-state index contributed by atoms with van der Waals surface area (Å²) in [5.41, 5.74) is 1.11. The number of guanidine groups is 1. The lowest BCUT2D eigenvalue weighted by Gasteiger charge is -2.41. The topological polar surface area (TPSA) is 61.8 Å². The number of pyridine rings is 1. The lowest BCUT2D eigenvalue weighted by atomic mass is 9.98. The smallest absolute Gasteiger partial charge is 0.218 e. The van der Waals surface area contributed by atoms with E-state index in [4.69, 9.17) is 9.73 Å². The lowest BCUT2D eigenvalue weighted by molar-refractivity contribution is 0.0982. The van der Waals surface area contributed by atoms with Crippen molar-refractivity contribution in [1.29, 1.82) is 0 Å². The molecule has 0 saturated carbocycles. The first kappa shape index (κ1) is 20.5. The number of rotatable bonds is 8. The average molecular weight is 362 g/mol. The fourth-order valence-electron chi connectivity index (χ4n) is 3.23. The lowest BCUT2D eigenvalue weighted by Crippen LogP contribution is -2.54. The summed E-state index contributed by atoms with van der Waals surface area (Å²) < 4.78 is 5.59. The molecule has 1 aromatic heterocycles. The maximum Gasteiger partial charge on any atom is 0.218 e. The number of aromatic nitrogens is 1. The second-order valence-corrected chi connectivity index (χ2v) is 7.31. The first-order chi connectivity index (χ1) is 12.6. The van der Waals surface area contributed by atoms with E-state index in [0.717, 1.165) is 24.6 Å². The second kappa shape index (κ2) is 10.4. The molecule has 0 amide bonds. The van der Waals surface area contributed by atoms with Crippen molar-refractivity contribution in [3.05, 3.63) is 23.9 Å². The van der Waals surface area contributed by atoms with Crippen LogP contribution in [0.4, 0.5) is 0 Å². The summed E-state index contributed by atoms with van der Waals surface area (Å²) in [6.07, 6.45) is 5.72. The first-order valence-electron chi connectivity index (χ1n) is 9.90. The van der Waals surface area contributed by atoms with Gasteiger partial charge in [-0.05, 0) is 59.7 Å². The van der Waals surface area contributed by atoms with Crippen molar-refractivity contribution in [3.8, 4) is 5.88 Å². The molecule has 0 radical (unpaired) electrons. The Hall–Kier alpha value is -1.82. The molecule has 0 atom stereocenters. The molecule has 1 saturated heterocycles. The van der Waals surface area contributed by atoms with Crippen molar-refractivity contribution in [1.82, 2.24) is 20.5 Å². The number of nitrogens with one attached hydrogen (secondary N) is 2. The molecule has 0 unspecified atom stereocenters. The van der Waals surface area contributed by atoms with Crippen LogP contribution in [-0.2, 0) is 6.54 Å². The van der Waals surface area contributed by atoms with Crippen LogP contribution >= 0.6 is 0 Å². The maximum atomic E-state index is 5.59. The Morgan fingerprint density at radius 2 is 2.00 bits per heavy atom. The number of aliphatic imine (C=N–C) groups is 1. The Kier molecular flexibility index (Phi) is 8.16. The number of ether oxygens (including phenoxy) is 1. The molecule has 1 aliphatic heterocycles. The second-order valence-electron chi connectivity index (χ2n) is 7.31. The molecule has 0 bridgehead atoms. The van der Waals surface area contributed by atoms with Crippen molar-refractivity contribution < 1.29 is 4.74 Å². The Bertz CT molecular complexity index is 567. The van der Waals surface area contributed by atoms with E-state index in [-0.39, 0.29) is 5.54 Å². The monoisotopic (exact) mass is 361 g/mol. The number of hydrogen-bond acceptors (Lipinski definition) is 4. The fourth-order valence-corrected chi connectivity index (χ4v) is 3.23. The van der Waals surface area contributed by atoms with Crippen molar-refractivity contribution in [2.75, 3.05) is 32.8 Å². The van der Waals surface area contributed by atoms with E-state index < -0.39 is 0 Å². The first-order valence-corrected chi connectivity index (χ1v) is 9.90. The van der Waals surface area contributed by atoms with Crippen LogP contribution < -0.4 is 15.4 Å². The van der Waals surface area contributed by atoms with Crippen molar-refractivity contribution >= 4 is 5.96 Å². The van der Waals surface area contributed by atoms with Crippen LogP contribution in [0, 0.1) is 0 Å². The highest BCUT2D eigenvalue weighted by molar-refractivity contribution is 5.79. The van der Waals surface area contributed by atoms with E-state index in [2.05, 4.69) is 41.3 Å². The minimum Gasteiger partial charge on any atom is -0.478 e. The van der Waals surface area contributed by atoms with E-state index in [1.165, 1.54) is 32.4 Å². The van der Waals surface area contributed by atoms with E-state index >= 15 is 0 Å². The van der Waals surface area contributed by atoms with E-state index in [1.54, 1.807) is 6.20 Å². The molecule has 0 aliphatic carbocycles. The number of likely N-dealkylation sites (tertiary alicyclic amines) is 1. The average Bonchev–Trinajstić information content (AvgIpc) is 2.66. The van der Waals surface area contributed by atoms with Crippen LogP contribution in [0.3, 0.4) is 0 Å². The molecule has 146 valence electrons. The predicted molar refractivity (Wildman–Crippen MR) is 108 cm³/mol. The maximum absolute atomic E-state index is 5.59. The Morgan fingerprint density at radius 1 is 1.23 bits per heavy atom. The van der Waals surface area contributed by atoms with Crippen molar-refractivity contribution in [2.45, 2.75) is 59.0 Å². The quantitative estimate of drug-likeness (QED) is 0.551. The van der Waals surface area contributed by atoms with E-state index in [0.29, 0.717) is 19.0 Å². The highest BCUT2D eigenvalue weighted by Gasteiger charge is 2.27. The van der Waals surface area contributed by atoms with Crippen LogP contribution in [0.1, 0.15) is 52.5 Å². The van der Waals surface area contributed by atoms with Crippen molar-refractivity contribution in [3.63, 3.8) is 0 Å². The normalized spacial score (nSPS) is 16.4. The summed E-state index contributed by atoms with van der Waals surface area (Å²) >= 11 is 0. The van der Waals surface area contributed by atoms with Gasteiger partial charge in [-0.2, -0.15) is 0 Å². The molecule has 2 heterocycles. The molecule has 1 aliphatic rings. The molecule has 1 fully saturated rings. The summed E-state index contributed by atoms with van der Waals surface area (Å²) in [4.78, 5) is 11.6. The molecular weight excluding hydrogens is 326 g/mol. The van der Waals surface area contributed by atoms with Gasteiger partial charge in [-0.3, -0.25) is 4.90 Å². The highest BCUT2D eigenvalue weighted by atomic mass is 16.5. The largest absolute Gasteiger partial charge is 0.478 e. The van der Waals surface area contributed by atoms with Crippen LogP contribution in [0.25, 0.3) is 0 Å². The SMILES string of the molecule is CCNC(=NCc1cccnc1OCC)NCC(C)(C)N1CCCCC1. The minimum atomic E-state index is 0.112. The molecular formula is C20H35N5O. The molecule has 2 rings (SSSR count). The highest BCUT2D eigenvalue weighted by Crippen LogP contribution is 2.20. The summed E-state index contributed by atoms with van der Waals surface area (Å²) in [5, 5.41) is 6.85. The summed E-state index contributed by atoms with van der Waals surface area (Å²) in [6, 6.07) is 3.94. The predicted octanol–water partition coefficient (Wildman–Crippen LogP) is 2.80. The van der Waals surface area contributed by atoms with Crippen LogP contribution in [0.2, 0.25) is 0 Å². The Labute approximate surface area is 158 Å².